The zero-order valence-electron chi connectivity index (χ0n) is 12.7. The van der Waals surface area contributed by atoms with Gasteiger partial charge in [-0.05, 0) is 34.6 Å². The van der Waals surface area contributed by atoms with E-state index in [4.69, 9.17) is 14.2 Å². The normalized spacial score (nSPS) is 28.4. The maximum Gasteiger partial charge on any atom is 0.194 e. The molecule has 4 heteroatoms. The van der Waals surface area contributed by atoms with Gasteiger partial charge in [-0.1, -0.05) is 0 Å². The lowest BCUT2D eigenvalue weighted by atomic mass is 9.76. The number of ether oxygens (including phenoxy) is 3. The van der Waals surface area contributed by atoms with Crippen LogP contribution in [0.3, 0.4) is 0 Å². The molecule has 0 saturated heterocycles. The van der Waals surface area contributed by atoms with Crippen LogP contribution >= 0.6 is 0 Å². The Balaban J connectivity index is 2.62. The van der Waals surface area contributed by atoms with Gasteiger partial charge in [0.2, 0.25) is 0 Å². The first-order valence-corrected chi connectivity index (χ1v) is 6.45. The second-order valence-corrected chi connectivity index (χ2v) is 6.18. The minimum absolute atomic E-state index is 0.0383. The highest BCUT2D eigenvalue weighted by Gasteiger charge is 2.54. The van der Waals surface area contributed by atoms with Crippen molar-refractivity contribution >= 4 is 5.78 Å². The Labute approximate surface area is 114 Å². The molecule has 1 aliphatic carbocycles. The van der Waals surface area contributed by atoms with Crippen molar-refractivity contribution in [3.8, 4) is 0 Å². The monoisotopic (exact) mass is 266 g/mol. The van der Waals surface area contributed by atoms with E-state index in [9.17, 15) is 4.79 Å². The van der Waals surface area contributed by atoms with Gasteiger partial charge in [-0.15, -0.1) is 0 Å². The molecule has 2 aliphatic rings. The van der Waals surface area contributed by atoms with E-state index in [0.717, 1.165) is 0 Å². The molecule has 2 rings (SSSR count). The number of carbonyl (C=O) groups is 1. The summed E-state index contributed by atoms with van der Waals surface area (Å²) in [5, 5.41) is 0. The Morgan fingerprint density at radius 1 is 1.16 bits per heavy atom. The van der Waals surface area contributed by atoms with Gasteiger partial charge in [0.25, 0.3) is 0 Å². The largest absolute Gasteiger partial charge is 0.500 e. The van der Waals surface area contributed by atoms with Gasteiger partial charge >= 0.3 is 0 Å². The lowest BCUT2D eigenvalue weighted by Gasteiger charge is -2.33. The molecule has 0 amide bonds. The lowest BCUT2D eigenvalue weighted by Crippen LogP contribution is -2.37. The van der Waals surface area contributed by atoms with Crippen molar-refractivity contribution in [1.29, 1.82) is 0 Å². The Morgan fingerprint density at radius 3 is 2.21 bits per heavy atom. The quantitative estimate of drug-likeness (QED) is 0.770. The number of hydrogen-bond acceptors (Lipinski definition) is 4. The third kappa shape index (κ3) is 1.73. The standard InChI is InChI=1S/C15H22O4/c1-8-10(16)9-12(14(2,3)11(8)17-6)19-15(4,5)13(9)18-7/h13H,1-7H3/t13-/m0/s1. The Morgan fingerprint density at radius 2 is 1.74 bits per heavy atom. The summed E-state index contributed by atoms with van der Waals surface area (Å²) < 4.78 is 17.0. The van der Waals surface area contributed by atoms with Crippen LogP contribution in [0.25, 0.3) is 0 Å². The fraction of sp³-hybridized carbons (Fsp3) is 0.667. The fourth-order valence-electron chi connectivity index (χ4n) is 3.21. The van der Waals surface area contributed by atoms with E-state index in [0.29, 0.717) is 22.7 Å². The Bertz CT molecular complexity index is 494. The predicted octanol–water partition coefficient (Wildman–Crippen LogP) is 2.59. The zero-order chi connectivity index (χ0) is 14.6. The second-order valence-electron chi connectivity index (χ2n) is 6.18. The lowest BCUT2D eigenvalue weighted by molar-refractivity contribution is -0.114. The summed E-state index contributed by atoms with van der Waals surface area (Å²) in [5.74, 6) is 1.31. The van der Waals surface area contributed by atoms with Crippen LogP contribution in [0.4, 0.5) is 0 Å². The van der Waals surface area contributed by atoms with Crippen molar-refractivity contribution in [2.24, 2.45) is 5.41 Å². The van der Waals surface area contributed by atoms with Gasteiger partial charge in [-0.25, -0.2) is 0 Å². The van der Waals surface area contributed by atoms with Crippen LogP contribution in [-0.2, 0) is 19.0 Å². The van der Waals surface area contributed by atoms with E-state index in [1.165, 1.54) is 0 Å². The van der Waals surface area contributed by atoms with Crippen molar-refractivity contribution in [2.75, 3.05) is 14.2 Å². The Kier molecular flexibility index (Phi) is 3.05. The van der Waals surface area contributed by atoms with Gasteiger partial charge in [0.15, 0.2) is 5.78 Å². The summed E-state index contributed by atoms with van der Waals surface area (Å²) in [5.41, 5.74) is 0.271. The molecular weight excluding hydrogens is 244 g/mol. The molecule has 0 bridgehead atoms. The highest BCUT2D eigenvalue weighted by Crippen LogP contribution is 2.51. The third-order valence-corrected chi connectivity index (χ3v) is 4.00. The number of carbonyl (C=O) groups excluding carboxylic acids is 1. The molecule has 0 aromatic rings. The average molecular weight is 266 g/mol. The number of Topliss-reactive ketones (excluding diaryl/α,β-unsaturated/α-hetero) is 1. The molecule has 0 unspecified atom stereocenters. The molecule has 0 aromatic heterocycles. The van der Waals surface area contributed by atoms with Crippen LogP contribution in [0, 0.1) is 5.41 Å². The molecule has 1 heterocycles. The van der Waals surface area contributed by atoms with E-state index >= 15 is 0 Å². The van der Waals surface area contributed by atoms with Crippen molar-refractivity contribution in [1.82, 2.24) is 0 Å². The van der Waals surface area contributed by atoms with Crippen molar-refractivity contribution in [2.45, 2.75) is 46.3 Å². The minimum Gasteiger partial charge on any atom is -0.500 e. The number of hydrogen-bond donors (Lipinski definition) is 0. The summed E-state index contributed by atoms with van der Waals surface area (Å²) in [6, 6.07) is 0. The summed E-state index contributed by atoms with van der Waals surface area (Å²) in [6.45, 7) is 9.68. The average Bonchev–Trinajstić information content (AvgIpc) is 2.59. The van der Waals surface area contributed by atoms with Crippen LogP contribution in [0.15, 0.2) is 22.7 Å². The maximum atomic E-state index is 12.6. The van der Waals surface area contributed by atoms with Crippen LogP contribution in [0.1, 0.15) is 34.6 Å². The first-order valence-electron chi connectivity index (χ1n) is 6.45. The predicted molar refractivity (Wildman–Crippen MR) is 71.5 cm³/mol. The number of rotatable bonds is 2. The molecule has 19 heavy (non-hydrogen) atoms. The fourth-order valence-corrected chi connectivity index (χ4v) is 3.21. The van der Waals surface area contributed by atoms with Gasteiger partial charge in [0, 0.05) is 12.7 Å². The van der Waals surface area contributed by atoms with E-state index in [-0.39, 0.29) is 11.9 Å². The highest BCUT2D eigenvalue weighted by atomic mass is 16.6. The van der Waals surface area contributed by atoms with Crippen LogP contribution in [0.5, 0.6) is 0 Å². The second kappa shape index (κ2) is 4.10. The number of methoxy groups -OCH3 is 2. The van der Waals surface area contributed by atoms with Crippen LogP contribution in [0.2, 0.25) is 0 Å². The smallest absolute Gasteiger partial charge is 0.194 e. The van der Waals surface area contributed by atoms with Gasteiger partial charge in [-0.3, -0.25) is 4.79 Å². The topological polar surface area (TPSA) is 44.8 Å². The molecule has 1 aliphatic heterocycles. The summed E-state index contributed by atoms with van der Waals surface area (Å²) in [6.07, 6.45) is -0.345. The molecule has 0 saturated carbocycles. The molecule has 0 spiro atoms. The van der Waals surface area contributed by atoms with Gasteiger partial charge in [0.1, 0.15) is 23.2 Å². The summed E-state index contributed by atoms with van der Waals surface area (Å²) >= 11 is 0. The molecule has 0 radical (unpaired) electrons. The summed E-state index contributed by atoms with van der Waals surface area (Å²) in [7, 11) is 3.20. The molecule has 0 fully saturated rings. The van der Waals surface area contributed by atoms with Gasteiger partial charge < -0.3 is 14.2 Å². The van der Waals surface area contributed by atoms with Crippen molar-refractivity contribution in [3.63, 3.8) is 0 Å². The SMILES string of the molecule is COC1=C(C)C(=O)C2=C(OC(C)(C)[C@H]2OC)C1(C)C. The summed E-state index contributed by atoms with van der Waals surface area (Å²) in [4.78, 5) is 12.6. The minimum atomic E-state index is -0.546. The van der Waals surface area contributed by atoms with E-state index in [2.05, 4.69) is 0 Å². The third-order valence-electron chi connectivity index (χ3n) is 4.00. The van der Waals surface area contributed by atoms with E-state index in [1.54, 1.807) is 21.1 Å². The van der Waals surface area contributed by atoms with Crippen LogP contribution in [-0.4, -0.2) is 31.7 Å². The molecule has 0 N–H and O–H groups in total. The van der Waals surface area contributed by atoms with Crippen molar-refractivity contribution < 1.29 is 19.0 Å². The van der Waals surface area contributed by atoms with Crippen molar-refractivity contribution in [3.05, 3.63) is 22.7 Å². The molecule has 4 nitrogen and oxygen atoms in total. The molecule has 106 valence electrons. The number of allylic oxidation sites excluding steroid dienone is 1. The van der Waals surface area contributed by atoms with E-state index < -0.39 is 11.0 Å². The zero-order valence-corrected chi connectivity index (χ0v) is 12.7. The Hall–Kier alpha value is -1.29. The van der Waals surface area contributed by atoms with Gasteiger partial charge in [-0.2, -0.15) is 0 Å². The van der Waals surface area contributed by atoms with Gasteiger partial charge in [0.05, 0.1) is 18.1 Å². The molecule has 0 aromatic carbocycles. The highest BCUT2D eigenvalue weighted by molar-refractivity contribution is 6.11. The van der Waals surface area contributed by atoms with E-state index in [1.807, 2.05) is 27.7 Å². The molecular formula is C15H22O4. The first kappa shape index (κ1) is 14.1. The molecule has 1 atom stereocenters. The van der Waals surface area contributed by atoms with Crippen LogP contribution < -0.4 is 0 Å². The maximum absolute atomic E-state index is 12.6. The first-order chi connectivity index (χ1) is 8.68. The number of ketones is 1.